The van der Waals surface area contributed by atoms with E-state index in [4.69, 9.17) is 4.74 Å². The number of nitro benzene ring substituents is 1. The Morgan fingerprint density at radius 3 is 2.50 bits per heavy atom. The first-order chi connectivity index (χ1) is 18.4. The van der Waals surface area contributed by atoms with Gasteiger partial charge in [-0.05, 0) is 44.2 Å². The number of hydrogen-bond acceptors (Lipinski definition) is 9. The molecule has 0 atom stereocenters. The molecule has 0 N–H and O–H groups in total. The summed E-state index contributed by atoms with van der Waals surface area (Å²) in [5, 5.41) is 20.4. The van der Waals surface area contributed by atoms with E-state index < -0.39 is 16.8 Å². The minimum atomic E-state index is -0.625. The van der Waals surface area contributed by atoms with Crippen LogP contribution in [0, 0.1) is 17.0 Å². The quantitative estimate of drug-likeness (QED) is 0.127. The van der Waals surface area contributed by atoms with Gasteiger partial charge in [-0.25, -0.2) is 0 Å². The molecule has 0 aliphatic carbocycles. The van der Waals surface area contributed by atoms with E-state index in [1.807, 2.05) is 47.9 Å². The molecule has 0 unspecified atom stereocenters. The molecule has 11 nitrogen and oxygen atoms in total. The summed E-state index contributed by atoms with van der Waals surface area (Å²) in [6.07, 6.45) is 3.32. The number of amides is 1. The average molecular weight is 533 g/mol. The van der Waals surface area contributed by atoms with Gasteiger partial charge < -0.3 is 9.64 Å². The van der Waals surface area contributed by atoms with E-state index in [0.717, 1.165) is 28.6 Å². The van der Waals surface area contributed by atoms with Gasteiger partial charge in [-0.1, -0.05) is 35.5 Å². The second-order valence-electron chi connectivity index (χ2n) is 8.06. The summed E-state index contributed by atoms with van der Waals surface area (Å²) in [6.45, 7) is 3.40. The van der Waals surface area contributed by atoms with Gasteiger partial charge >= 0.3 is 5.97 Å². The Kier molecular flexibility index (Phi) is 8.44. The maximum Gasteiger partial charge on any atom is 0.326 e. The topological polar surface area (TPSA) is 133 Å². The Bertz CT molecular complexity index is 1440. The van der Waals surface area contributed by atoms with Crippen molar-refractivity contribution in [2.75, 3.05) is 23.8 Å². The second kappa shape index (κ2) is 12.1. The highest BCUT2D eigenvalue weighted by atomic mass is 32.2. The smallest absolute Gasteiger partial charge is 0.326 e. The van der Waals surface area contributed by atoms with E-state index in [-0.39, 0.29) is 30.3 Å². The largest absolute Gasteiger partial charge is 0.465 e. The summed E-state index contributed by atoms with van der Waals surface area (Å²) in [6, 6.07) is 17.0. The van der Waals surface area contributed by atoms with Crippen LogP contribution >= 0.6 is 11.8 Å². The summed E-state index contributed by atoms with van der Waals surface area (Å²) in [5.74, 6) is -0.608. The van der Waals surface area contributed by atoms with E-state index in [2.05, 4.69) is 15.2 Å². The van der Waals surface area contributed by atoms with Crippen LogP contribution in [0.4, 0.5) is 11.4 Å². The Balaban J connectivity index is 1.64. The number of nitrogens with zero attached hydrogens (tertiary/aromatic N) is 6. The number of hydrogen-bond donors (Lipinski definition) is 0. The molecule has 0 aliphatic rings. The molecule has 2 aromatic heterocycles. The lowest BCUT2D eigenvalue weighted by atomic mass is 10.2. The monoisotopic (exact) mass is 532 g/mol. The number of nitro groups is 1. The van der Waals surface area contributed by atoms with Crippen LogP contribution in [0.3, 0.4) is 0 Å². The number of pyridine rings is 1. The summed E-state index contributed by atoms with van der Waals surface area (Å²) >= 11 is 1.14. The highest BCUT2D eigenvalue weighted by Gasteiger charge is 2.24. The molecule has 4 rings (SSSR count). The molecule has 2 aromatic carbocycles. The predicted octanol–water partition coefficient (Wildman–Crippen LogP) is 4.23. The van der Waals surface area contributed by atoms with Crippen LogP contribution < -0.4 is 4.90 Å². The van der Waals surface area contributed by atoms with Crippen molar-refractivity contribution in [3.05, 3.63) is 88.7 Å². The second-order valence-corrected chi connectivity index (χ2v) is 9.01. The van der Waals surface area contributed by atoms with Crippen molar-refractivity contribution in [2.24, 2.45) is 0 Å². The fourth-order valence-corrected chi connectivity index (χ4v) is 4.44. The van der Waals surface area contributed by atoms with E-state index in [9.17, 15) is 19.7 Å². The molecule has 0 saturated heterocycles. The number of aromatic nitrogens is 4. The number of aryl methyl sites for hydroxylation is 1. The highest BCUT2D eigenvalue weighted by molar-refractivity contribution is 7.99. The number of non-ortho nitro benzene ring substituents is 1. The first kappa shape index (κ1) is 26.5. The molecule has 0 radical (unpaired) electrons. The van der Waals surface area contributed by atoms with Crippen molar-refractivity contribution < 1.29 is 19.2 Å². The fraction of sp³-hybridized carbons (Fsp3) is 0.192. The molecular weight excluding hydrogens is 508 g/mol. The number of anilines is 1. The summed E-state index contributed by atoms with van der Waals surface area (Å²) in [5.41, 5.74) is 2.72. The van der Waals surface area contributed by atoms with E-state index in [1.54, 1.807) is 19.3 Å². The number of rotatable bonds is 10. The molecular formula is C26H24N6O5S. The van der Waals surface area contributed by atoms with Gasteiger partial charge in [0.2, 0.25) is 5.91 Å². The third-order valence-electron chi connectivity index (χ3n) is 5.43. The van der Waals surface area contributed by atoms with E-state index in [0.29, 0.717) is 11.0 Å². The van der Waals surface area contributed by atoms with Crippen molar-refractivity contribution in [2.45, 2.75) is 19.0 Å². The summed E-state index contributed by atoms with van der Waals surface area (Å²) in [7, 11) is 0. The van der Waals surface area contributed by atoms with Gasteiger partial charge in [0, 0.05) is 35.8 Å². The Morgan fingerprint density at radius 1 is 1.08 bits per heavy atom. The highest BCUT2D eigenvalue weighted by Crippen LogP contribution is 2.29. The molecule has 0 spiro atoms. The number of benzene rings is 2. The number of esters is 1. The minimum absolute atomic E-state index is 0.109. The Labute approximate surface area is 222 Å². The molecule has 2 heterocycles. The Morgan fingerprint density at radius 2 is 1.82 bits per heavy atom. The standard InChI is InChI=1S/C26H24N6O5S/c1-3-37-24(34)16-30(21-5-4-6-22(15-21)32(35)36)23(33)17-38-26-29-28-25(19-11-13-27-14-12-19)31(26)20-9-7-18(2)8-10-20/h4-15H,3,16-17H2,1-2H3. The molecule has 0 aliphatic heterocycles. The van der Waals surface area contributed by atoms with Gasteiger partial charge in [0.25, 0.3) is 5.69 Å². The molecule has 0 fully saturated rings. The molecule has 1 amide bonds. The van der Waals surface area contributed by atoms with Gasteiger partial charge in [0.15, 0.2) is 11.0 Å². The van der Waals surface area contributed by atoms with Crippen LogP contribution in [-0.4, -0.2) is 55.5 Å². The number of thioether (sulfide) groups is 1. The molecule has 194 valence electrons. The van der Waals surface area contributed by atoms with Gasteiger partial charge in [0.05, 0.1) is 23.0 Å². The number of carbonyl (C=O) groups is 2. The van der Waals surface area contributed by atoms with Crippen LogP contribution in [-0.2, 0) is 14.3 Å². The third-order valence-corrected chi connectivity index (χ3v) is 6.35. The van der Waals surface area contributed by atoms with Crippen LogP contribution in [0.2, 0.25) is 0 Å². The first-order valence-electron chi connectivity index (χ1n) is 11.6. The maximum atomic E-state index is 13.4. The molecule has 38 heavy (non-hydrogen) atoms. The average Bonchev–Trinajstić information content (AvgIpc) is 3.35. The van der Waals surface area contributed by atoms with Crippen molar-refractivity contribution in [1.29, 1.82) is 0 Å². The SMILES string of the molecule is CCOC(=O)CN(C(=O)CSc1nnc(-c2ccncc2)n1-c1ccc(C)cc1)c1cccc([N+](=O)[O-])c1. The van der Waals surface area contributed by atoms with Crippen LogP contribution in [0.1, 0.15) is 12.5 Å². The predicted molar refractivity (Wildman–Crippen MR) is 142 cm³/mol. The summed E-state index contributed by atoms with van der Waals surface area (Å²) < 4.78 is 6.86. The lowest BCUT2D eigenvalue weighted by molar-refractivity contribution is -0.384. The van der Waals surface area contributed by atoms with Gasteiger partial charge in [-0.3, -0.25) is 29.3 Å². The van der Waals surface area contributed by atoms with Gasteiger partial charge in [-0.15, -0.1) is 10.2 Å². The zero-order valence-electron chi connectivity index (χ0n) is 20.7. The lowest BCUT2D eigenvalue weighted by Gasteiger charge is -2.21. The molecule has 4 aromatic rings. The van der Waals surface area contributed by atoms with E-state index >= 15 is 0 Å². The van der Waals surface area contributed by atoms with Crippen molar-refractivity contribution >= 4 is 35.0 Å². The van der Waals surface area contributed by atoms with Crippen LogP contribution in [0.15, 0.2) is 78.2 Å². The minimum Gasteiger partial charge on any atom is -0.465 e. The molecule has 0 bridgehead atoms. The zero-order chi connectivity index (χ0) is 27.1. The van der Waals surface area contributed by atoms with Crippen LogP contribution in [0.25, 0.3) is 17.1 Å². The lowest BCUT2D eigenvalue weighted by Crippen LogP contribution is -2.37. The Hall–Kier alpha value is -4.58. The molecule has 0 saturated carbocycles. The molecule has 12 heteroatoms. The van der Waals surface area contributed by atoms with Crippen molar-refractivity contribution in [3.8, 4) is 17.1 Å². The third kappa shape index (κ3) is 6.21. The summed E-state index contributed by atoms with van der Waals surface area (Å²) in [4.78, 5) is 41.6. The van der Waals surface area contributed by atoms with Crippen molar-refractivity contribution in [1.82, 2.24) is 19.7 Å². The maximum absolute atomic E-state index is 13.4. The number of carbonyl (C=O) groups excluding carboxylic acids is 2. The van der Waals surface area contributed by atoms with Crippen molar-refractivity contribution in [3.63, 3.8) is 0 Å². The zero-order valence-corrected chi connectivity index (χ0v) is 21.5. The normalized spacial score (nSPS) is 10.7. The fourth-order valence-electron chi connectivity index (χ4n) is 3.62. The number of ether oxygens (including phenoxy) is 1. The van der Waals surface area contributed by atoms with E-state index in [1.165, 1.54) is 29.2 Å². The van der Waals surface area contributed by atoms with Gasteiger partial charge in [0.1, 0.15) is 6.54 Å². The van der Waals surface area contributed by atoms with Gasteiger partial charge in [-0.2, -0.15) is 0 Å². The first-order valence-corrected chi connectivity index (χ1v) is 12.6. The van der Waals surface area contributed by atoms with Crippen LogP contribution in [0.5, 0.6) is 0 Å².